The van der Waals surface area contributed by atoms with Gasteiger partial charge in [0.25, 0.3) is 0 Å². The van der Waals surface area contributed by atoms with Gasteiger partial charge in [-0.15, -0.1) is 0 Å². The number of fused-ring (bicyclic) bond motifs is 1. The summed E-state index contributed by atoms with van der Waals surface area (Å²) in [7, 11) is -2.99. The monoisotopic (exact) mass is 396 g/mol. The van der Waals surface area contributed by atoms with Crippen LogP contribution in [0.25, 0.3) is 0 Å². The highest BCUT2D eigenvalue weighted by Crippen LogP contribution is 2.46. The van der Waals surface area contributed by atoms with E-state index in [-0.39, 0.29) is 18.6 Å². The molecule has 3 nitrogen and oxygen atoms in total. The molecule has 0 bridgehead atoms. The first-order chi connectivity index (χ1) is 13.1. The third-order valence-corrected chi connectivity index (χ3v) is 8.30. The number of carbonyl (C=O) groups excluding carboxylic acids is 1. The van der Waals surface area contributed by atoms with Crippen molar-refractivity contribution >= 4 is 35.1 Å². The molecule has 0 spiro atoms. The molecular formula is C22H18ClO3P. The van der Waals surface area contributed by atoms with Crippen LogP contribution in [-0.4, -0.2) is 18.6 Å². The Labute approximate surface area is 163 Å². The third-order valence-electron chi connectivity index (χ3n) is 4.84. The van der Waals surface area contributed by atoms with Crippen molar-refractivity contribution in [1.29, 1.82) is 0 Å². The molecule has 27 heavy (non-hydrogen) atoms. The summed E-state index contributed by atoms with van der Waals surface area (Å²) in [5.74, 6) is -0.0112. The van der Waals surface area contributed by atoms with E-state index >= 15 is 0 Å². The Hall–Kier alpha value is -2.35. The summed E-state index contributed by atoms with van der Waals surface area (Å²) in [4.78, 5) is 13.0. The van der Waals surface area contributed by atoms with E-state index in [1.807, 2.05) is 60.7 Å². The van der Waals surface area contributed by atoms with Gasteiger partial charge in [-0.25, -0.2) is 0 Å². The fourth-order valence-corrected chi connectivity index (χ4v) is 6.54. The number of benzene rings is 3. The molecule has 1 aliphatic heterocycles. The second-order valence-electron chi connectivity index (χ2n) is 6.61. The Morgan fingerprint density at radius 1 is 0.926 bits per heavy atom. The van der Waals surface area contributed by atoms with E-state index in [4.69, 9.17) is 16.3 Å². The highest BCUT2D eigenvalue weighted by Gasteiger charge is 2.37. The van der Waals surface area contributed by atoms with Crippen molar-refractivity contribution in [3.05, 3.63) is 89.4 Å². The minimum Gasteiger partial charge on any atom is -0.492 e. The lowest BCUT2D eigenvalue weighted by atomic mass is 9.97. The van der Waals surface area contributed by atoms with Gasteiger partial charge < -0.3 is 9.30 Å². The number of ketones is 1. The van der Waals surface area contributed by atoms with Crippen LogP contribution in [0.5, 0.6) is 5.75 Å². The Bertz CT molecular complexity index is 975. The van der Waals surface area contributed by atoms with Crippen molar-refractivity contribution in [3.8, 4) is 5.75 Å². The van der Waals surface area contributed by atoms with Gasteiger partial charge in [-0.1, -0.05) is 72.3 Å². The second kappa shape index (κ2) is 7.34. The average molecular weight is 397 g/mol. The van der Waals surface area contributed by atoms with E-state index in [1.165, 1.54) is 0 Å². The zero-order valence-electron chi connectivity index (χ0n) is 14.5. The van der Waals surface area contributed by atoms with Gasteiger partial charge in [0, 0.05) is 21.8 Å². The summed E-state index contributed by atoms with van der Waals surface area (Å²) in [6.45, 7) is 0.219. The maximum absolute atomic E-state index is 14.2. The van der Waals surface area contributed by atoms with Crippen LogP contribution in [0.4, 0.5) is 0 Å². The molecule has 0 unspecified atom stereocenters. The lowest BCUT2D eigenvalue weighted by molar-refractivity contribution is 0.0851. The molecule has 1 atom stereocenters. The summed E-state index contributed by atoms with van der Waals surface area (Å²) in [5.41, 5.74) is 0.464. The molecule has 3 aromatic carbocycles. The number of ether oxygens (including phenoxy) is 1. The fraction of sp³-hybridized carbons (Fsp3) is 0.136. The molecule has 0 radical (unpaired) electrons. The van der Waals surface area contributed by atoms with Gasteiger partial charge in [-0.3, -0.25) is 4.79 Å². The van der Waals surface area contributed by atoms with E-state index in [0.29, 0.717) is 16.3 Å². The molecular weight excluding hydrogens is 379 g/mol. The van der Waals surface area contributed by atoms with Crippen LogP contribution in [0, 0.1) is 5.92 Å². The van der Waals surface area contributed by atoms with Crippen LogP contribution in [0.2, 0.25) is 5.02 Å². The number of rotatable bonds is 4. The normalized spacial score (nSPS) is 16.5. The summed E-state index contributed by atoms with van der Waals surface area (Å²) in [5, 5.41) is 1.99. The summed E-state index contributed by atoms with van der Waals surface area (Å²) in [6, 6.07) is 23.8. The van der Waals surface area contributed by atoms with Gasteiger partial charge in [0.2, 0.25) is 0 Å². The molecule has 5 heteroatoms. The van der Waals surface area contributed by atoms with Gasteiger partial charge in [-0.05, 0) is 18.2 Å². The van der Waals surface area contributed by atoms with Crippen molar-refractivity contribution in [2.75, 3.05) is 12.8 Å². The Kier molecular flexibility index (Phi) is 4.90. The molecule has 0 aliphatic carbocycles. The molecule has 0 fully saturated rings. The standard InChI is InChI=1S/C22H18ClO3P/c23-17-11-12-21-20(13-17)22(24)16(14-26-21)15-27(25,18-7-3-1-4-8-18)19-9-5-2-6-10-19/h1-13,16H,14-15H2/t16-/m0/s1. The quantitative estimate of drug-likeness (QED) is 0.608. The van der Waals surface area contributed by atoms with Crippen molar-refractivity contribution < 1.29 is 14.1 Å². The average Bonchev–Trinajstić information content (AvgIpc) is 2.72. The smallest absolute Gasteiger partial charge is 0.173 e. The van der Waals surface area contributed by atoms with Crippen LogP contribution in [0.1, 0.15) is 10.4 Å². The van der Waals surface area contributed by atoms with Crippen LogP contribution < -0.4 is 15.3 Å². The molecule has 0 saturated carbocycles. The molecule has 0 N–H and O–H groups in total. The summed E-state index contributed by atoms with van der Waals surface area (Å²) in [6.07, 6.45) is 0.228. The Morgan fingerprint density at radius 2 is 1.52 bits per heavy atom. The van der Waals surface area contributed by atoms with E-state index in [2.05, 4.69) is 0 Å². The maximum atomic E-state index is 14.2. The van der Waals surface area contributed by atoms with Crippen LogP contribution >= 0.6 is 18.7 Å². The fourth-order valence-electron chi connectivity index (χ4n) is 3.45. The summed E-state index contributed by atoms with van der Waals surface area (Å²) >= 11 is 6.05. The van der Waals surface area contributed by atoms with Gasteiger partial charge in [-0.2, -0.15) is 0 Å². The number of halogens is 1. The van der Waals surface area contributed by atoms with E-state index < -0.39 is 13.1 Å². The first kappa shape index (κ1) is 18.0. The van der Waals surface area contributed by atoms with Crippen molar-refractivity contribution in [3.63, 3.8) is 0 Å². The minimum absolute atomic E-state index is 0.0640. The zero-order valence-corrected chi connectivity index (χ0v) is 16.2. The topological polar surface area (TPSA) is 43.4 Å². The zero-order chi connectivity index (χ0) is 18.9. The number of hydrogen-bond donors (Lipinski definition) is 0. The highest BCUT2D eigenvalue weighted by molar-refractivity contribution is 7.78. The van der Waals surface area contributed by atoms with E-state index in [1.54, 1.807) is 18.2 Å². The van der Waals surface area contributed by atoms with Gasteiger partial charge >= 0.3 is 0 Å². The molecule has 1 aliphatic rings. The Morgan fingerprint density at radius 3 is 2.11 bits per heavy atom. The molecule has 136 valence electrons. The number of Topliss-reactive ketones (excluding diaryl/α,β-unsaturated/α-hetero) is 1. The van der Waals surface area contributed by atoms with E-state index in [9.17, 15) is 9.36 Å². The van der Waals surface area contributed by atoms with Crippen LogP contribution in [0.15, 0.2) is 78.9 Å². The van der Waals surface area contributed by atoms with Gasteiger partial charge in [0.15, 0.2) is 5.78 Å². The van der Waals surface area contributed by atoms with Crippen LogP contribution in [-0.2, 0) is 4.57 Å². The lowest BCUT2D eigenvalue weighted by Crippen LogP contribution is -2.33. The third kappa shape index (κ3) is 3.45. The Balaban J connectivity index is 1.73. The molecule has 0 aromatic heterocycles. The predicted octanol–water partition coefficient (Wildman–Crippen LogP) is 4.55. The molecule has 0 amide bonds. The van der Waals surface area contributed by atoms with Crippen molar-refractivity contribution in [1.82, 2.24) is 0 Å². The summed E-state index contributed by atoms with van der Waals surface area (Å²) < 4.78 is 20.0. The maximum Gasteiger partial charge on any atom is 0.173 e. The molecule has 1 heterocycles. The SMILES string of the molecule is O=C1c2cc(Cl)ccc2OC[C@H]1CP(=O)(c1ccccc1)c1ccccc1. The predicted molar refractivity (Wildman–Crippen MR) is 109 cm³/mol. The lowest BCUT2D eigenvalue weighted by Gasteiger charge is -2.28. The minimum atomic E-state index is -2.99. The molecule has 0 saturated heterocycles. The number of carbonyl (C=O) groups is 1. The number of hydrogen-bond acceptors (Lipinski definition) is 3. The highest BCUT2D eigenvalue weighted by atomic mass is 35.5. The van der Waals surface area contributed by atoms with E-state index in [0.717, 1.165) is 10.6 Å². The van der Waals surface area contributed by atoms with Gasteiger partial charge in [0.05, 0.1) is 18.1 Å². The van der Waals surface area contributed by atoms with Crippen molar-refractivity contribution in [2.45, 2.75) is 0 Å². The second-order valence-corrected chi connectivity index (χ2v) is 9.92. The van der Waals surface area contributed by atoms with Crippen molar-refractivity contribution in [2.24, 2.45) is 5.92 Å². The van der Waals surface area contributed by atoms with Gasteiger partial charge in [0.1, 0.15) is 12.9 Å². The first-order valence-corrected chi connectivity index (χ1v) is 11.0. The largest absolute Gasteiger partial charge is 0.492 e. The molecule has 4 rings (SSSR count). The first-order valence-electron chi connectivity index (χ1n) is 8.75. The van der Waals surface area contributed by atoms with Crippen LogP contribution in [0.3, 0.4) is 0 Å². The molecule has 3 aromatic rings.